The molecule has 0 saturated heterocycles. The van der Waals surface area contributed by atoms with Crippen LogP contribution >= 0.6 is 0 Å². The van der Waals surface area contributed by atoms with Gasteiger partial charge in [0.15, 0.2) is 0 Å². The average Bonchev–Trinajstić information content (AvgIpc) is 2.42. The quantitative estimate of drug-likeness (QED) is 0.505. The van der Waals surface area contributed by atoms with Crippen molar-refractivity contribution in [3.05, 3.63) is 0 Å². The molecule has 0 aliphatic heterocycles. The smallest absolute Gasteiger partial charge is 0.236 e. The van der Waals surface area contributed by atoms with Crippen LogP contribution in [0.25, 0.3) is 0 Å². The van der Waals surface area contributed by atoms with Gasteiger partial charge in [-0.3, -0.25) is 4.79 Å². The highest BCUT2D eigenvalue weighted by molar-refractivity contribution is 5.78. The Kier molecular flexibility index (Phi) is 13.4. The number of rotatable bonds is 13. The van der Waals surface area contributed by atoms with Crippen LogP contribution in [0.3, 0.4) is 0 Å². The third kappa shape index (κ3) is 11.0. The number of hydrogen-bond acceptors (Lipinski definition) is 3. The van der Waals surface area contributed by atoms with Gasteiger partial charge in [-0.2, -0.15) is 0 Å². The van der Waals surface area contributed by atoms with E-state index in [1.807, 2.05) is 4.90 Å². The molecule has 0 radical (unpaired) electrons. The van der Waals surface area contributed by atoms with Gasteiger partial charge in [-0.15, -0.1) is 0 Å². The molecule has 0 aromatic rings. The number of hydrogen-bond donors (Lipinski definition) is 2. The number of unbranched alkanes of at least 4 members (excludes halogenated alkanes) is 4. The van der Waals surface area contributed by atoms with E-state index in [1.165, 1.54) is 25.7 Å². The highest BCUT2D eigenvalue weighted by Gasteiger charge is 2.11. The Morgan fingerprint density at radius 1 is 1.00 bits per heavy atom. The SMILES string of the molecule is CCCCCCCN(CCCO)C(=O)CNCCC. The highest BCUT2D eigenvalue weighted by Crippen LogP contribution is 2.04. The molecule has 114 valence electrons. The van der Waals surface area contributed by atoms with Gasteiger partial charge in [0.05, 0.1) is 6.54 Å². The molecule has 4 nitrogen and oxygen atoms in total. The van der Waals surface area contributed by atoms with Crippen molar-refractivity contribution in [2.75, 3.05) is 32.8 Å². The summed E-state index contributed by atoms with van der Waals surface area (Å²) >= 11 is 0. The molecule has 0 aromatic heterocycles. The molecular weight excluding hydrogens is 240 g/mol. The monoisotopic (exact) mass is 272 g/mol. The van der Waals surface area contributed by atoms with Crippen molar-refractivity contribution in [2.24, 2.45) is 0 Å². The minimum Gasteiger partial charge on any atom is -0.396 e. The summed E-state index contributed by atoms with van der Waals surface area (Å²) < 4.78 is 0. The van der Waals surface area contributed by atoms with E-state index in [0.29, 0.717) is 19.5 Å². The van der Waals surface area contributed by atoms with Crippen molar-refractivity contribution in [1.29, 1.82) is 0 Å². The van der Waals surface area contributed by atoms with Crippen LogP contribution in [0.2, 0.25) is 0 Å². The molecular formula is C15H32N2O2. The molecule has 19 heavy (non-hydrogen) atoms. The summed E-state index contributed by atoms with van der Waals surface area (Å²) in [5.41, 5.74) is 0. The second kappa shape index (κ2) is 13.8. The van der Waals surface area contributed by atoms with Gasteiger partial charge in [-0.1, -0.05) is 39.5 Å². The van der Waals surface area contributed by atoms with Gasteiger partial charge in [0.25, 0.3) is 0 Å². The summed E-state index contributed by atoms with van der Waals surface area (Å²) in [4.78, 5) is 13.9. The Morgan fingerprint density at radius 3 is 2.32 bits per heavy atom. The molecule has 0 bridgehead atoms. The maximum atomic E-state index is 12.0. The van der Waals surface area contributed by atoms with Crippen molar-refractivity contribution in [1.82, 2.24) is 10.2 Å². The molecule has 0 aliphatic carbocycles. The minimum atomic E-state index is 0.155. The van der Waals surface area contributed by atoms with Gasteiger partial charge in [0.2, 0.25) is 5.91 Å². The molecule has 0 heterocycles. The highest BCUT2D eigenvalue weighted by atomic mass is 16.3. The Balaban J connectivity index is 3.88. The summed E-state index contributed by atoms with van der Waals surface area (Å²) in [7, 11) is 0. The lowest BCUT2D eigenvalue weighted by atomic mass is 10.1. The molecule has 0 fully saturated rings. The predicted octanol–water partition coefficient (Wildman–Crippen LogP) is 2.17. The Morgan fingerprint density at radius 2 is 1.68 bits per heavy atom. The zero-order chi connectivity index (χ0) is 14.3. The van der Waals surface area contributed by atoms with E-state index in [9.17, 15) is 4.79 Å². The van der Waals surface area contributed by atoms with Crippen LogP contribution in [-0.2, 0) is 4.79 Å². The molecule has 0 atom stereocenters. The Hall–Kier alpha value is -0.610. The second-order valence-electron chi connectivity index (χ2n) is 5.05. The van der Waals surface area contributed by atoms with Gasteiger partial charge < -0.3 is 15.3 Å². The lowest BCUT2D eigenvalue weighted by molar-refractivity contribution is -0.130. The van der Waals surface area contributed by atoms with Crippen LogP contribution in [0, 0.1) is 0 Å². The van der Waals surface area contributed by atoms with Crippen LogP contribution in [0.1, 0.15) is 58.8 Å². The van der Waals surface area contributed by atoms with Crippen molar-refractivity contribution < 1.29 is 9.90 Å². The molecule has 0 aliphatic rings. The molecule has 1 amide bonds. The van der Waals surface area contributed by atoms with Crippen LogP contribution in [0.5, 0.6) is 0 Å². The molecule has 0 rings (SSSR count). The fraction of sp³-hybridized carbons (Fsp3) is 0.933. The molecule has 2 N–H and O–H groups in total. The Labute approximate surface area is 118 Å². The van der Waals surface area contributed by atoms with Gasteiger partial charge in [0, 0.05) is 19.7 Å². The maximum absolute atomic E-state index is 12.0. The number of aliphatic hydroxyl groups excluding tert-OH is 1. The van der Waals surface area contributed by atoms with Crippen LogP contribution < -0.4 is 5.32 Å². The van der Waals surface area contributed by atoms with Crippen LogP contribution in [0.4, 0.5) is 0 Å². The second-order valence-corrected chi connectivity index (χ2v) is 5.05. The van der Waals surface area contributed by atoms with Crippen molar-refractivity contribution in [2.45, 2.75) is 58.8 Å². The average molecular weight is 272 g/mol. The minimum absolute atomic E-state index is 0.155. The zero-order valence-corrected chi connectivity index (χ0v) is 12.8. The van der Waals surface area contributed by atoms with Gasteiger partial charge in [-0.25, -0.2) is 0 Å². The van der Waals surface area contributed by atoms with E-state index in [4.69, 9.17) is 5.11 Å². The van der Waals surface area contributed by atoms with Gasteiger partial charge in [0.1, 0.15) is 0 Å². The third-order valence-electron chi connectivity index (χ3n) is 3.17. The van der Waals surface area contributed by atoms with Crippen molar-refractivity contribution in [3.8, 4) is 0 Å². The summed E-state index contributed by atoms with van der Waals surface area (Å²) in [5.74, 6) is 0.164. The van der Waals surface area contributed by atoms with Crippen LogP contribution in [-0.4, -0.2) is 48.7 Å². The lowest BCUT2D eigenvalue weighted by Gasteiger charge is -2.22. The van der Waals surface area contributed by atoms with Gasteiger partial charge in [-0.05, 0) is 25.8 Å². The van der Waals surface area contributed by atoms with E-state index in [2.05, 4.69) is 19.2 Å². The summed E-state index contributed by atoms with van der Waals surface area (Å²) in [5, 5.41) is 12.0. The Bertz CT molecular complexity index is 210. The molecule has 4 heteroatoms. The van der Waals surface area contributed by atoms with E-state index in [-0.39, 0.29) is 12.5 Å². The van der Waals surface area contributed by atoms with E-state index >= 15 is 0 Å². The maximum Gasteiger partial charge on any atom is 0.236 e. The zero-order valence-electron chi connectivity index (χ0n) is 12.8. The molecule has 0 saturated carbocycles. The topological polar surface area (TPSA) is 52.6 Å². The summed E-state index contributed by atoms with van der Waals surface area (Å²) in [6.07, 6.45) is 7.77. The lowest BCUT2D eigenvalue weighted by Crippen LogP contribution is -2.39. The van der Waals surface area contributed by atoms with E-state index < -0.39 is 0 Å². The first-order valence-corrected chi connectivity index (χ1v) is 7.85. The number of carbonyl (C=O) groups excluding carboxylic acids is 1. The standard InChI is InChI=1S/C15H32N2O2/c1-3-5-6-7-8-11-17(12-9-13-18)15(19)14-16-10-4-2/h16,18H,3-14H2,1-2H3. The number of nitrogens with one attached hydrogen (secondary N) is 1. The number of nitrogens with zero attached hydrogens (tertiary/aromatic N) is 1. The number of carbonyl (C=O) groups is 1. The predicted molar refractivity (Wildman–Crippen MR) is 80.2 cm³/mol. The van der Waals surface area contributed by atoms with E-state index in [0.717, 1.165) is 25.9 Å². The number of aliphatic hydroxyl groups is 1. The fourth-order valence-corrected chi connectivity index (χ4v) is 2.01. The summed E-state index contributed by atoms with van der Waals surface area (Å²) in [6, 6.07) is 0. The van der Waals surface area contributed by atoms with Crippen molar-refractivity contribution in [3.63, 3.8) is 0 Å². The first kappa shape index (κ1) is 18.4. The van der Waals surface area contributed by atoms with Crippen LogP contribution in [0.15, 0.2) is 0 Å². The molecule has 0 aromatic carbocycles. The number of amides is 1. The first-order valence-electron chi connectivity index (χ1n) is 7.85. The molecule has 0 spiro atoms. The largest absolute Gasteiger partial charge is 0.396 e. The molecule has 0 unspecified atom stereocenters. The summed E-state index contributed by atoms with van der Waals surface area (Å²) in [6.45, 7) is 7.27. The van der Waals surface area contributed by atoms with Gasteiger partial charge >= 0.3 is 0 Å². The van der Waals surface area contributed by atoms with Crippen molar-refractivity contribution >= 4 is 5.91 Å². The first-order chi connectivity index (χ1) is 9.26. The van der Waals surface area contributed by atoms with E-state index in [1.54, 1.807) is 0 Å². The normalized spacial score (nSPS) is 10.7. The fourth-order valence-electron chi connectivity index (χ4n) is 2.01. The third-order valence-corrected chi connectivity index (χ3v) is 3.17.